The Balaban J connectivity index is 1.35. The van der Waals surface area contributed by atoms with E-state index in [-0.39, 0.29) is 17.0 Å². The second-order valence-corrected chi connectivity index (χ2v) is 7.71. The molecular formula is C26H20ClNO6. The quantitative estimate of drug-likeness (QED) is 0.305. The van der Waals surface area contributed by atoms with E-state index < -0.39 is 18.5 Å². The Kier molecular flexibility index (Phi) is 7.25. The maximum atomic E-state index is 12.9. The number of halogens is 1. The number of hydrogen-bond acceptors (Lipinski definition) is 6. The lowest BCUT2D eigenvalue weighted by Crippen LogP contribution is -2.21. The van der Waals surface area contributed by atoms with Gasteiger partial charge in [0.2, 0.25) is 0 Å². The Bertz CT molecular complexity index is 1260. The average Bonchev–Trinajstić information content (AvgIpc) is 2.87. The summed E-state index contributed by atoms with van der Waals surface area (Å²) in [5, 5.41) is 2.96. The Morgan fingerprint density at radius 3 is 2.50 bits per heavy atom. The molecule has 172 valence electrons. The predicted molar refractivity (Wildman–Crippen MR) is 127 cm³/mol. The van der Waals surface area contributed by atoms with Gasteiger partial charge >= 0.3 is 5.97 Å². The van der Waals surface area contributed by atoms with Crippen molar-refractivity contribution >= 4 is 41.0 Å². The molecule has 1 aliphatic rings. The summed E-state index contributed by atoms with van der Waals surface area (Å²) in [6.45, 7) is 0.435. The molecule has 0 saturated heterocycles. The van der Waals surface area contributed by atoms with Crippen molar-refractivity contribution in [2.24, 2.45) is 0 Å². The smallest absolute Gasteiger partial charge is 0.331 e. The molecule has 0 aliphatic carbocycles. The predicted octanol–water partition coefficient (Wildman–Crippen LogP) is 4.54. The molecule has 0 aromatic heterocycles. The van der Waals surface area contributed by atoms with E-state index in [1.54, 1.807) is 60.7 Å². The third kappa shape index (κ3) is 5.82. The van der Waals surface area contributed by atoms with Crippen LogP contribution in [0.2, 0.25) is 5.02 Å². The van der Waals surface area contributed by atoms with Gasteiger partial charge in [0, 0.05) is 22.2 Å². The zero-order valence-corrected chi connectivity index (χ0v) is 18.7. The van der Waals surface area contributed by atoms with Crippen LogP contribution in [0, 0.1) is 0 Å². The molecule has 1 aliphatic heterocycles. The highest BCUT2D eigenvalue weighted by atomic mass is 35.5. The van der Waals surface area contributed by atoms with Crippen molar-refractivity contribution in [3.05, 3.63) is 94.5 Å². The van der Waals surface area contributed by atoms with Crippen molar-refractivity contribution in [1.82, 2.24) is 0 Å². The first-order valence-corrected chi connectivity index (χ1v) is 10.8. The van der Waals surface area contributed by atoms with Crippen molar-refractivity contribution in [1.29, 1.82) is 0 Å². The zero-order valence-electron chi connectivity index (χ0n) is 18.0. The number of ether oxygens (including phenoxy) is 3. The summed E-state index contributed by atoms with van der Waals surface area (Å²) in [5.74, 6) is -0.329. The highest BCUT2D eigenvalue weighted by Gasteiger charge is 2.17. The SMILES string of the molecule is O=C(COC(=O)/C=C/c1ccc2c(c1)OCCO2)Nc1ccc(Cl)cc1C(=O)c1ccccc1. The fraction of sp³-hybridized carbons (Fsp3) is 0.115. The van der Waals surface area contributed by atoms with Crippen LogP contribution in [0.1, 0.15) is 21.5 Å². The molecule has 0 bridgehead atoms. The molecule has 0 unspecified atom stereocenters. The van der Waals surface area contributed by atoms with E-state index in [9.17, 15) is 14.4 Å². The molecule has 4 rings (SSSR count). The highest BCUT2D eigenvalue weighted by Crippen LogP contribution is 2.31. The second kappa shape index (κ2) is 10.7. The first-order chi connectivity index (χ1) is 16.5. The van der Waals surface area contributed by atoms with E-state index in [0.717, 1.165) is 5.56 Å². The molecule has 1 amide bonds. The van der Waals surface area contributed by atoms with Gasteiger partial charge in [-0.3, -0.25) is 9.59 Å². The summed E-state index contributed by atoms with van der Waals surface area (Å²) in [4.78, 5) is 37.3. The van der Waals surface area contributed by atoms with Crippen LogP contribution in [0.5, 0.6) is 11.5 Å². The average molecular weight is 478 g/mol. The van der Waals surface area contributed by atoms with Crippen LogP contribution in [0.3, 0.4) is 0 Å². The van der Waals surface area contributed by atoms with E-state index in [0.29, 0.717) is 35.3 Å². The van der Waals surface area contributed by atoms with Crippen molar-refractivity contribution < 1.29 is 28.6 Å². The Morgan fingerprint density at radius 2 is 1.71 bits per heavy atom. The molecule has 0 atom stereocenters. The van der Waals surface area contributed by atoms with Gasteiger partial charge in [0.25, 0.3) is 5.91 Å². The number of amides is 1. The van der Waals surface area contributed by atoms with Crippen LogP contribution < -0.4 is 14.8 Å². The van der Waals surface area contributed by atoms with Crippen LogP contribution in [0.15, 0.2) is 72.8 Å². The minimum absolute atomic E-state index is 0.233. The van der Waals surface area contributed by atoms with Crippen LogP contribution in [0.4, 0.5) is 5.69 Å². The molecule has 7 nitrogen and oxygen atoms in total. The summed E-state index contributed by atoms with van der Waals surface area (Å²) in [6, 6.07) is 18.5. The fourth-order valence-corrected chi connectivity index (χ4v) is 3.43. The molecular weight excluding hydrogens is 458 g/mol. The normalized spacial score (nSPS) is 12.3. The number of hydrogen-bond donors (Lipinski definition) is 1. The zero-order chi connectivity index (χ0) is 23.9. The van der Waals surface area contributed by atoms with Gasteiger partial charge in [-0.05, 0) is 42.0 Å². The molecule has 1 heterocycles. The summed E-state index contributed by atoms with van der Waals surface area (Å²) >= 11 is 6.06. The molecule has 34 heavy (non-hydrogen) atoms. The minimum Gasteiger partial charge on any atom is -0.486 e. The van der Waals surface area contributed by atoms with Gasteiger partial charge in [0.15, 0.2) is 23.9 Å². The van der Waals surface area contributed by atoms with Crippen LogP contribution in [0.25, 0.3) is 6.08 Å². The molecule has 0 spiro atoms. The van der Waals surface area contributed by atoms with Crippen LogP contribution in [-0.2, 0) is 14.3 Å². The number of carbonyl (C=O) groups is 3. The summed E-state index contributed by atoms with van der Waals surface area (Å²) < 4.78 is 16.0. The molecule has 0 saturated carbocycles. The lowest BCUT2D eigenvalue weighted by Gasteiger charge is -2.18. The van der Waals surface area contributed by atoms with Crippen molar-refractivity contribution in [2.75, 3.05) is 25.1 Å². The van der Waals surface area contributed by atoms with Crippen LogP contribution in [-0.4, -0.2) is 37.5 Å². The maximum absolute atomic E-state index is 12.9. The lowest BCUT2D eigenvalue weighted by atomic mass is 10.0. The van der Waals surface area contributed by atoms with Crippen molar-refractivity contribution in [3.63, 3.8) is 0 Å². The van der Waals surface area contributed by atoms with Gasteiger partial charge in [-0.1, -0.05) is 48.0 Å². The van der Waals surface area contributed by atoms with Gasteiger partial charge in [-0.25, -0.2) is 4.79 Å². The van der Waals surface area contributed by atoms with Crippen LogP contribution >= 0.6 is 11.6 Å². The van der Waals surface area contributed by atoms with Gasteiger partial charge in [0.1, 0.15) is 13.2 Å². The number of rotatable bonds is 7. The lowest BCUT2D eigenvalue weighted by molar-refractivity contribution is -0.142. The number of ketones is 1. The van der Waals surface area contributed by atoms with Crippen molar-refractivity contribution in [2.45, 2.75) is 0 Å². The van der Waals surface area contributed by atoms with E-state index in [1.807, 2.05) is 0 Å². The number of esters is 1. The summed E-state index contributed by atoms with van der Waals surface area (Å²) in [7, 11) is 0. The Labute approximate surface area is 200 Å². The molecule has 1 N–H and O–H groups in total. The number of carbonyl (C=O) groups excluding carboxylic acids is 3. The van der Waals surface area contributed by atoms with E-state index in [4.69, 9.17) is 25.8 Å². The van der Waals surface area contributed by atoms with Gasteiger partial charge < -0.3 is 19.5 Å². The fourth-order valence-electron chi connectivity index (χ4n) is 3.26. The maximum Gasteiger partial charge on any atom is 0.331 e. The highest BCUT2D eigenvalue weighted by molar-refractivity contribution is 6.31. The van der Waals surface area contributed by atoms with Crippen molar-refractivity contribution in [3.8, 4) is 11.5 Å². The third-order valence-corrected chi connectivity index (χ3v) is 5.10. The molecule has 3 aromatic carbocycles. The van der Waals surface area contributed by atoms with E-state index in [2.05, 4.69) is 5.32 Å². The van der Waals surface area contributed by atoms with Gasteiger partial charge in [-0.15, -0.1) is 0 Å². The molecule has 3 aromatic rings. The number of fused-ring (bicyclic) bond motifs is 1. The molecule has 0 fully saturated rings. The first-order valence-electron chi connectivity index (χ1n) is 10.4. The molecule has 8 heteroatoms. The Hall–Kier alpha value is -4.10. The molecule has 0 radical (unpaired) electrons. The minimum atomic E-state index is -0.693. The first kappa shape index (κ1) is 23.1. The third-order valence-electron chi connectivity index (χ3n) is 4.86. The van der Waals surface area contributed by atoms with Gasteiger partial charge in [-0.2, -0.15) is 0 Å². The Morgan fingerprint density at radius 1 is 0.941 bits per heavy atom. The summed E-state index contributed by atoms with van der Waals surface area (Å²) in [5.41, 5.74) is 1.68. The topological polar surface area (TPSA) is 90.9 Å². The summed E-state index contributed by atoms with van der Waals surface area (Å²) in [6.07, 6.45) is 2.76. The second-order valence-electron chi connectivity index (χ2n) is 7.28. The number of anilines is 1. The monoisotopic (exact) mass is 477 g/mol. The van der Waals surface area contributed by atoms with E-state index >= 15 is 0 Å². The number of nitrogens with one attached hydrogen (secondary N) is 1. The standard InChI is InChI=1S/C26H20ClNO6/c27-19-8-9-21(20(15-19)26(31)18-4-2-1-3-5-18)28-24(29)16-34-25(30)11-7-17-6-10-22-23(14-17)33-13-12-32-22/h1-11,14-15H,12-13,16H2,(H,28,29)/b11-7+. The van der Waals surface area contributed by atoms with Gasteiger partial charge in [0.05, 0.1) is 5.69 Å². The van der Waals surface area contributed by atoms with E-state index in [1.165, 1.54) is 18.2 Å². The number of benzene rings is 3. The largest absolute Gasteiger partial charge is 0.486 e.